The van der Waals surface area contributed by atoms with Gasteiger partial charge < -0.3 is 15.5 Å². The average molecular weight is 355 g/mol. The third-order valence-electron chi connectivity index (χ3n) is 5.11. The summed E-state index contributed by atoms with van der Waals surface area (Å²) in [5.74, 6) is -0.353. The summed E-state index contributed by atoms with van der Waals surface area (Å²) in [6.07, 6.45) is 7.32. The predicted molar refractivity (Wildman–Crippen MR) is 99.7 cm³/mol. The van der Waals surface area contributed by atoms with Gasteiger partial charge in [0.15, 0.2) is 0 Å². The molecule has 3 amide bonds. The van der Waals surface area contributed by atoms with Gasteiger partial charge in [0.1, 0.15) is 0 Å². The molecule has 1 atom stereocenters. The van der Waals surface area contributed by atoms with E-state index in [1.165, 1.54) is 25.3 Å². The number of nitrogens with one attached hydrogen (secondary N) is 2. The molecule has 1 heterocycles. The van der Waals surface area contributed by atoms with Crippen LogP contribution in [0.3, 0.4) is 0 Å². The van der Waals surface area contributed by atoms with Crippen LogP contribution in [0.25, 0.3) is 0 Å². The van der Waals surface area contributed by atoms with Crippen LogP contribution in [-0.4, -0.2) is 41.2 Å². The minimum absolute atomic E-state index is 0.142. The zero-order chi connectivity index (χ0) is 18.5. The lowest BCUT2D eigenvalue weighted by atomic mass is 9.94. The van der Waals surface area contributed by atoms with E-state index in [0.29, 0.717) is 30.3 Å². The van der Waals surface area contributed by atoms with Gasteiger partial charge in [-0.15, -0.1) is 0 Å². The molecule has 3 rings (SSSR count). The number of rotatable bonds is 5. The standard InChI is InChI=1S/C20H25N3O3/c1-2-18(24)21-15-10-8-14(9-11-15)20(26)22-16-12-19(25)23(13-16)17-6-4-3-5-7-17/h2,8-11,16-17H,1,3-7,12-13H2,(H,21,24)(H,22,26). The molecule has 26 heavy (non-hydrogen) atoms. The average Bonchev–Trinajstić information content (AvgIpc) is 3.03. The molecule has 1 saturated carbocycles. The number of carbonyl (C=O) groups excluding carboxylic acids is 3. The summed E-state index contributed by atoms with van der Waals surface area (Å²) in [5.41, 5.74) is 1.11. The van der Waals surface area contributed by atoms with Gasteiger partial charge in [-0.3, -0.25) is 14.4 Å². The number of hydrogen-bond acceptors (Lipinski definition) is 3. The normalized spacial score (nSPS) is 20.7. The maximum Gasteiger partial charge on any atom is 0.251 e. The lowest BCUT2D eigenvalue weighted by Gasteiger charge is -2.31. The minimum atomic E-state index is -0.297. The fraction of sp³-hybridized carbons (Fsp3) is 0.450. The minimum Gasteiger partial charge on any atom is -0.347 e. The van der Waals surface area contributed by atoms with E-state index in [-0.39, 0.29) is 23.8 Å². The Labute approximate surface area is 153 Å². The Bertz CT molecular complexity index is 693. The Kier molecular flexibility index (Phi) is 5.71. The second-order valence-electron chi connectivity index (χ2n) is 6.98. The molecule has 1 unspecified atom stereocenters. The van der Waals surface area contributed by atoms with Crippen LogP contribution in [0.2, 0.25) is 0 Å². The van der Waals surface area contributed by atoms with Crippen LogP contribution >= 0.6 is 0 Å². The fourth-order valence-corrected chi connectivity index (χ4v) is 3.74. The van der Waals surface area contributed by atoms with Crippen molar-refractivity contribution >= 4 is 23.4 Å². The first-order chi connectivity index (χ1) is 12.6. The molecule has 0 bridgehead atoms. The van der Waals surface area contributed by atoms with E-state index in [0.717, 1.165) is 12.8 Å². The number of anilines is 1. The highest BCUT2D eigenvalue weighted by molar-refractivity contribution is 6.00. The second-order valence-corrected chi connectivity index (χ2v) is 6.98. The molecule has 2 N–H and O–H groups in total. The van der Waals surface area contributed by atoms with E-state index in [1.807, 2.05) is 4.90 Å². The number of likely N-dealkylation sites (tertiary alicyclic amines) is 1. The maximum atomic E-state index is 12.4. The number of amides is 3. The Hall–Kier alpha value is -2.63. The van der Waals surface area contributed by atoms with Crippen molar-refractivity contribution in [3.63, 3.8) is 0 Å². The van der Waals surface area contributed by atoms with Gasteiger partial charge in [0, 0.05) is 30.3 Å². The van der Waals surface area contributed by atoms with Crippen molar-refractivity contribution in [2.24, 2.45) is 0 Å². The molecule has 1 aliphatic carbocycles. The third kappa shape index (κ3) is 4.31. The van der Waals surface area contributed by atoms with Gasteiger partial charge in [0.25, 0.3) is 5.91 Å². The van der Waals surface area contributed by atoms with Crippen LogP contribution < -0.4 is 10.6 Å². The Balaban J connectivity index is 1.55. The predicted octanol–water partition coefficient (Wildman–Crippen LogP) is 2.47. The summed E-state index contributed by atoms with van der Waals surface area (Å²) in [4.78, 5) is 38.0. The summed E-state index contributed by atoms with van der Waals surface area (Å²) in [7, 11) is 0. The lowest BCUT2D eigenvalue weighted by molar-refractivity contribution is -0.130. The summed E-state index contributed by atoms with van der Waals surface area (Å²) >= 11 is 0. The maximum absolute atomic E-state index is 12.4. The quantitative estimate of drug-likeness (QED) is 0.797. The van der Waals surface area contributed by atoms with E-state index in [2.05, 4.69) is 17.2 Å². The molecule has 2 fully saturated rings. The van der Waals surface area contributed by atoms with Crippen molar-refractivity contribution < 1.29 is 14.4 Å². The van der Waals surface area contributed by atoms with Crippen molar-refractivity contribution in [1.29, 1.82) is 0 Å². The van der Waals surface area contributed by atoms with E-state index in [1.54, 1.807) is 24.3 Å². The second kappa shape index (κ2) is 8.17. The molecule has 6 nitrogen and oxygen atoms in total. The molecular formula is C20H25N3O3. The molecule has 1 aliphatic heterocycles. The zero-order valence-electron chi connectivity index (χ0n) is 14.9. The highest BCUT2D eigenvalue weighted by Crippen LogP contribution is 2.26. The van der Waals surface area contributed by atoms with Gasteiger partial charge in [-0.25, -0.2) is 0 Å². The first-order valence-electron chi connectivity index (χ1n) is 9.20. The summed E-state index contributed by atoms with van der Waals surface area (Å²) in [5, 5.41) is 5.60. The molecule has 2 aliphatic rings. The van der Waals surface area contributed by atoms with E-state index in [4.69, 9.17) is 0 Å². The zero-order valence-corrected chi connectivity index (χ0v) is 14.9. The molecule has 6 heteroatoms. The summed E-state index contributed by atoms with van der Waals surface area (Å²) < 4.78 is 0. The van der Waals surface area contributed by atoms with Crippen LogP contribution in [0.4, 0.5) is 5.69 Å². The highest BCUT2D eigenvalue weighted by atomic mass is 16.2. The molecule has 1 aromatic carbocycles. The molecule has 138 valence electrons. The Morgan fingerprint density at radius 1 is 1.12 bits per heavy atom. The van der Waals surface area contributed by atoms with Crippen molar-refractivity contribution in [3.8, 4) is 0 Å². The van der Waals surface area contributed by atoms with Crippen molar-refractivity contribution in [1.82, 2.24) is 10.2 Å². The molecule has 0 aromatic heterocycles. The van der Waals surface area contributed by atoms with Crippen LogP contribution in [-0.2, 0) is 9.59 Å². The van der Waals surface area contributed by atoms with Crippen molar-refractivity contribution in [2.45, 2.75) is 50.6 Å². The lowest BCUT2D eigenvalue weighted by Crippen LogP contribution is -2.41. The van der Waals surface area contributed by atoms with Crippen LogP contribution in [0.1, 0.15) is 48.9 Å². The van der Waals surface area contributed by atoms with Gasteiger partial charge in [0.2, 0.25) is 11.8 Å². The topological polar surface area (TPSA) is 78.5 Å². The molecule has 0 spiro atoms. The van der Waals surface area contributed by atoms with E-state index >= 15 is 0 Å². The first-order valence-corrected chi connectivity index (χ1v) is 9.20. The molecule has 1 saturated heterocycles. The van der Waals surface area contributed by atoms with Crippen molar-refractivity contribution in [3.05, 3.63) is 42.5 Å². The Morgan fingerprint density at radius 3 is 2.46 bits per heavy atom. The fourth-order valence-electron chi connectivity index (χ4n) is 3.74. The SMILES string of the molecule is C=CC(=O)Nc1ccc(C(=O)NC2CC(=O)N(C3CCCCC3)C2)cc1. The van der Waals surface area contributed by atoms with Gasteiger partial charge in [-0.05, 0) is 43.2 Å². The smallest absolute Gasteiger partial charge is 0.251 e. The third-order valence-corrected chi connectivity index (χ3v) is 5.11. The summed E-state index contributed by atoms with van der Waals surface area (Å²) in [6.45, 7) is 4.00. The van der Waals surface area contributed by atoms with E-state index in [9.17, 15) is 14.4 Å². The van der Waals surface area contributed by atoms with Gasteiger partial charge in [-0.1, -0.05) is 25.8 Å². The molecular weight excluding hydrogens is 330 g/mol. The van der Waals surface area contributed by atoms with Crippen LogP contribution in [0, 0.1) is 0 Å². The van der Waals surface area contributed by atoms with Gasteiger partial charge in [-0.2, -0.15) is 0 Å². The van der Waals surface area contributed by atoms with Gasteiger partial charge in [0.05, 0.1) is 6.04 Å². The first kappa shape index (κ1) is 18.2. The molecule has 1 aromatic rings. The largest absolute Gasteiger partial charge is 0.347 e. The number of carbonyl (C=O) groups is 3. The Morgan fingerprint density at radius 2 is 1.81 bits per heavy atom. The number of hydrogen-bond donors (Lipinski definition) is 2. The van der Waals surface area contributed by atoms with Crippen molar-refractivity contribution in [2.75, 3.05) is 11.9 Å². The van der Waals surface area contributed by atoms with Crippen LogP contribution in [0.15, 0.2) is 36.9 Å². The number of benzene rings is 1. The van der Waals surface area contributed by atoms with Crippen LogP contribution in [0.5, 0.6) is 0 Å². The van der Waals surface area contributed by atoms with E-state index < -0.39 is 0 Å². The summed E-state index contributed by atoms with van der Waals surface area (Å²) in [6, 6.07) is 6.85. The monoisotopic (exact) mass is 355 g/mol. The number of nitrogens with zero attached hydrogens (tertiary/aromatic N) is 1. The molecule has 0 radical (unpaired) electrons. The highest BCUT2D eigenvalue weighted by Gasteiger charge is 2.35. The van der Waals surface area contributed by atoms with Gasteiger partial charge >= 0.3 is 0 Å².